The molecule has 0 bridgehead atoms. The van der Waals surface area contributed by atoms with E-state index in [0.717, 1.165) is 5.01 Å². The average Bonchev–Trinajstić information content (AvgIpc) is 2.14. The van der Waals surface area contributed by atoms with E-state index >= 15 is 0 Å². The molecule has 0 aliphatic carbocycles. The standard InChI is InChI=1S/C3H4N2O2/c6-2-5-3-7-1-4-5/h1-2H,3H2. The quantitative estimate of drug-likeness (QED) is 0.412. The number of ether oxygens (including phenoxy) is 1. The van der Waals surface area contributed by atoms with Gasteiger partial charge in [0, 0.05) is 0 Å². The molecule has 1 aliphatic heterocycles. The van der Waals surface area contributed by atoms with Crippen molar-refractivity contribution in [3.05, 3.63) is 0 Å². The van der Waals surface area contributed by atoms with Crippen LogP contribution in [0.2, 0.25) is 0 Å². The van der Waals surface area contributed by atoms with Crippen LogP contribution in [0.4, 0.5) is 0 Å². The lowest BCUT2D eigenvalue weighted by Gasteiger charge is -1.96. The molecular formula is C3H4N2O2. The van der Waals surface area contributed by atoms with Crippen LogP contribution in [-0.2, 0) is 9.53 Å². The van der Waals surface area contributed by atoms with Crippen molar-refractivity contribution in [2.24, 2.45) is 5.10 Å². The predicted molar refractivity (Wildman–Crippen MR) is 22.3 cm³/mol. The SMILES string of the molecule is O=CN1COC=N1. The molecule has 0 radical (unpaired) electrons. The van der Waals surface area contributed by atoms with Gasteiger partial charge in [-0.05, 0) is 0 Å². The minimum Gasteiger partial charge on any atom is -0.459 e. The summed E-state index contributed by atoms with van der Waals surface area (Å²) in [4.78, 5) is 9.74. The highest BCUT2D eigenvalue weighted by Crippen LogP contribution is 1.89. The van der Waals surface area contributed by atoms with Crippen LogP contribution in [0, 0.1) is 0 Å². The zero-order chi connectivity index (χ0) is 5.11. The second kappa shape index (κ2) is 1.59. The lowest BCUT2D eigenvalue weighted by molar-refractivity contribution is -0.119. The number of nitrogens with zero attached hydrogens (tertiary/aromatic N) is 2. The number of amides is 1. The van der Waals surface area contributed by atoms with Gasteiger partial charge in [-0.3, -0.25) is 4.79 Å². The van der Waals surface area contributed by atoms with Crippen LogP contribution in [0.25, 0.3) is 0 Å². The molecule has 0 fully saturated rings. The first kappa shape index (κ1) is 4.11. The zero-order valence-electron chi connectivity index (χ0n) is 3.57. The van der Waals surface area contributed by atoms with Crippen LogP contribution in [0.5, 0.6) is 0 Å². The Kier molecular flexibility index (Phi) is 0.934. The second-order valence-electron chi connectivity index (χ2n) is 1.06. The van der Waals surface area contributed by atoms with Crippen molar-refractivity contribution in [2.75, 3.05) is 6.73 Å². The summed E-state index contributed by atoms with van der Waals surface area (Å²) in [5, 5.41) is 4.62. The van der Waals surface area contributed by atoms with E-state index in [9.17, 15) is 4.79 Å². The van der Waals surface area contributed by atoms with Gasteiger partial charge < -0.3 is 4.74 Å². The first-order chi connectivity index (χ1) is 3.43. The number of carbonyl (C=O) groups excluding carboxylic acids is 1. The van der Waals surface area contributed by atoms with Gasteiger partial charge in [-0.1, -0.05) is 0 Å². The van der Waals surface area contributed by atoms with E-state index in [-0.39, 0.29) is 6.73 Å². The third kappa shape index (κ3) is 0.677. The first-order valence-corrected chi connectivity index (χ1v) is 1.79. The number of carbonyl (C=O) groups is 1. The Hall–Kier alpha value is -1.06. The maximum absolute atomic E-state index is 9.74. The molecule has 0 aromatic carbocycles. The lowest BCUT2D eigenvalue weighted by Crippen LogP contribution is -2.10. The normalized spacial score (nSPS) is 16.9. The summed E-state index contributed by atoms with van der Waals surface area (Å²) < 4.78 is 4.55. The van der Waals surface area contributed by atoms with Crippen LogP contribution < -0.4 is 0 Å². The van der Waals surface area contributed by atoms with Gasteiger partial charge in [0.2, 0.25) is 6.41 Å². The van der Waals surface area contributed by atoms with Gasteiger partial charge in [0.25, 0.3) is 0 Å². The summed E-state index contributed by atoms with van der Waals surface area (Å²) in [7, 11) is 0. The van der Waals surface area contributed by atoms with Gasteiger partial charge in [-0.15, -0.1) is 5.10 Å². The van der Waals surface area contributed by atoms with Crippen LogP contribution in [-0.4, -0.2) is 24.6 Å². The fraction of sp³-hybridized carbons (Fsp3) is 0.333. The monoisotopic (exact) mass is 100 g/mol. The molecule has 0 saturated heterocycles. The van der Waals surface area contributed by atoms with Crippen molar-refractivity contribution in [2.45, 2.75) is 0 Å². The number of rotatable bonds is 1. The number of hydrogen-bond donors (Lipinski definition) is 0. The Labute approximate surface area is 40.4 Å². The predicted octanol–water partition coefficient (Wildman–Crippen LogP) is -0.624. The molecule has 0 unspecified atom stereocenters. The van der Waals surface area contributed by atoms with Crippen molar-refractivity contribution < 1.29 is 9.53 Å². The third-order valence-corrected chi connectivity index (χ3v) is 0.598. The largest absolute Gasteiger partial charge is 0.459 e. The maximum Gasteiger partial charge on any atom is 0.233 e. The Morgan fingerprint density at radius 3 is 3.14 bits per heavy atom. The van der Waals surface area contributed by atoms with Gasteiger partial charge in [0.15, 0.2) is 13.1 Å². The topological polar surface area (TPSA) is 41.9 Å². The molecular weight excluding hydrogens is 96.0 g/mol. The van der Waals surface area contributed by atoms with E-state index in [4.69, 9.17) is 0 Å². The van der Waals surface area contributed by atoms with E-state index in [1.807, 2.05) is 0 Å². The molecule has 0 atom stereocenters. The van der Waals surface area contributed by atoms with Crippen LogP contribution in [0.1, 0.15) is 0 Å². The summed E-state index contributed by atoms with van der Waals surface area (Å²) >= 11 is 0. The highest BCUT2D eigenvalue weighted by Gasteiger charge is 2.00. The molecule has 0 aromatic rings. The summed E-state index contributed by atoms with van der Waals surface area (Å²) in [6.45, 7) is 0.253. The molecule has 4 heteroatoms. The Bertz CT molecular complexity index is 101. The zero-order valence-corrected chi connectivity index (χ0v) is 3.57. The van der Waals surface area contributed by atoms with Crippen LogP contribution in [0.15, 0.2) is 5.10 Å². The molecule has 7 heavy (non-hydrogen) atoms. The van der Waals surface area contributed by atoms with Gasteiger partial charge in [-0.25, -0.2) is 0 Å². The summed E-state index contributed by atoms with van der Waals surface area (Å²) in [6.07, 6.45) is 1.83. The smallest absolute Gasteiger partial charge is 0.233 e. The molecule has 1 rings (SSSR count). The molecule has 0 spiro atoms. The number of hydrazone groups is 1. The van der Waals surface area contributed by atoms with E-state index < -0.39 is 0 Å². The minimum absolute atomic E-state index is 0.253. The fourth-order valence-electron chi connectivity index (χ4n) is 0.295. The van der Waals surface area contributed by atoms with E-state index in [1.54, 1.807) is 0 Å². The molecule has 0 saturated carbocycles. The van der Waals surface area contributed by atoms with E-state index in [0.29, 0.717) is 6.41 Å². The Balaban J connectivity index is 2.42. The lowest BCUT2D eigenvalue weighted by atomic mass is 11.1. The molecule has 0 aromatic heterocycles. The Morgan fingerprint density at radius 2 is 2.86 bits per heavy atom. The molecule has 1 heterocycles. The van der Waals surface area contributed by atoms with E-state index in [1.165, 1.54) is 6.40 Å². The fourth-order valence-corrected chi connectivity index (χ4v) is 0.295. The first-order valence-electron chi connectivity index (χ1n) is 1.79. The number of hydrogen-bond acceptors (Lipinski definition) is 3. The summed E-state index contributed by atoms with van der Waals surface area (Å²) in [5.74, 6) is 0. The maximum atomic E-state index is 9.74. The van der Waals surface area contributed by atoms with Crippen molar-refractivity contribution in [1.29, 1.82) is 0 Å². The molecule has 1 amide bonds. The minimum atomic E-state index is 0.253. The van der Waals surface area contributed by atoms with Gasteiger partial charge >= 0.3 is 0 Å². The molecule has 4 nitrogen and oxygen atoms in total. The summed E-state index contributed by atoms with van der Waals surface area (Å²) in [5.41, 5.74) is 0. The second-order valence-corrected chi connectivity index (χ2v) is 1.06. The highest BCUT2D eigenvalue weighted by atomic mass is 16.5. The molecule has 38 valence electrons. The van der Waals surface area contributed by atoms with Gasteiger partial charge in [-0.2, -0.15) is 5.01 Å². The average molecular weight is 100 g/mol. The summed E-state index contributed by atoms with van der Waals surface area (Å²) in [6, 6.07) is 0. The van der Waals surface area contributed by atoms with E-state index in [2.05, 4.69) is 9.84 Å². The van der Waals surface area contributed by atoms with Gasteiger partial charge in [0.1, 0.15) is 0 Å². The Morgan fingerprint density at radius 1 is 2.00 bits per heavy atom. The van der Waals surface area contributed by atoms with Crippen molar-refractivity contribution >= 4 is 12.8 Å². The third-order valence-electron chi connectivity index (χ3n) is 0.598. The molecule has 1 aliphatic rings. The van der Waals surface area contributed by atoms with Crippen LogP contribution in [0.3, 0.4) is 0 Å². The van der Waals surface area contributed by atoms with Gasteiger partial charge in [0.05, 0.1) is 0 Å². The van der Waals surface area contributed by atoms with Crippen molar-refractivity contribution in [3.63, 3.8) is 0 Å². The van der Waals surface area contributed by atoms with Crippen molar-refractivity contribution in [1.82, 2.24) is 5.01 Å². The highest BCUT2D eigenvalue weighted by molar-refractivity contribution is 5.55. The molecule has 0 N–H and O–H groups in total. The van der Waals surface area contributed by atoms with Crippen LogP contribution >= 0.6 is 0 Å². The van der Waals surface area contributed by atoms with Crippen molar-refractivity contribution in [3.8, 4) is 0 Å².